The first-order valence-electron chi connectivity index (χ1n) is 5.30. The topological polar surface area (TPSA) is 25.8 Å². The van der Waals surface area contributed by atoms with Crippen LogP contribution < -0.4 is 0 Å². The first-order chi connectivity index (χ1) is 7.79. The van der Waals surface area contributed by atoms with E-state index >= 15 is 0 Å². The van der Waals surface area contributed by atoms with Crippen LogP contribution in [-0.2, 0) is 0 Å². The number of aryl methyl sites for hydroxylation is 1. The summed E-state index contributed by atoms with van der Waals surface area (Å²) in [6, 6.07) is 5.88. The third kappa shape index (κ3) is 2.80. The quantitative estimate of drug-likeness (QED) is 0.742. The van der Waals surface area contributed by atoms with E-state index in [0.717, 1.165) is 21.8 Å². The molecule has 0 atom stereocenters. The second kappa shape index (κ2) is 6.23. The zero-order valence-corrected chi connectivity index (χ0v) is 10.5. The van der Waals surface area contributed by atoms with Gasteiger partial charge in [-0.15, -0.1) is 0 Å². The van der Waals surface area contributed by atoms with Crippen LogP contribution in [0.4, 0.5) is 0 Å². The molecular formula is C13H15ClN2. The van der Waals surface area contributed by atoms with E-state index in [1.165, 1.54) is 0 Å². The zero-order valence-electron chi connectivity index (χ0n) is 9.74. The molecule has 1 aromatic heterocycles. The second-order valence-electron chi connectivity index (χ2n) is 3.03. The molecule has 16 heavy (non-hydrogen) atoms. The Balaban J connectivity index is 0.000000606. The molecule has 0 unspecified atom stereocenters. The summed E-state index contributed by atoms with van der Waals surface area (Å²) in [6.45, 7) is 5.97. The SMILES string of the molecule is CC.Cc1cccc(-c2cnccn2)c1Cl. The zero-order chi connectivity index (χ0) is 12.0. The molecule has 0 aliphatic carbocycles. The molecule has 1 aromatic carbocycles. The van der Waals surface area contributed by atoms with Crippen molar-refractivity contribution in [1.82, 2.24) is 9.97 Å². The highest BCUT2D eigenvalue weighted by Crippen LogP contribution is 2.28. The van der Waals surface area contributed by atoms with Crippen LogP contribution in [0.2, 0.25) is 5.02 Å². The van der Waals surface area contributed by atoms with Gasteiger partial charge in [0.1, 0.15) is 0 Å². The van der Waals surface area contributed by atoms with Gasteiger partial charge in [0, 0.05) is 18.0 Å². The van der Waals surface area contributed by atoms with Gasteiger partial charge in [0.15, 0.2) is 0 Å². The van der Waals surface area contributed by atoms with Gasteiger partial charge in [-0.05, 0) is 12.5 Å². The fraction of sp³-hybridized carbons (Fsp3) is 0.231. The fourth-order valence-corrected chi connectivity index (χ4v) is 1.51. The van der Waals surface area contributed by atoms with E-state index in [1.54, 1.807) is 18.6 Å². The van der Waals surface area contributed by atoms with Crippen molar-refractivity contribution in [2.24, 2.45) is 0 Å². The maximum absolute atomic E-state index is 6.16. The lowest BCUT2D eigenvalue weighted by molar-refractivity contribution is 1.20. The average molecular weight is 235 g/mol. The van der Waals surface area contributed by atoms with Crippen molar-refractivity contribution in [3.63, 3.8) is 0 Å². The summed E-state index contributed by atoms with van der Waals surface area (Å²) < 4.78 is 0. The summed E-state index contributed by atoms with van der Waals surface area (Å²) >= 11 is 6.16. The van der Waals surface area contributed by atoms with Crippen molar-refractivity contribution in [2.45, 2.75) is 20.8 Å². The smallest absolute Gasteiger partial charge is 0.0900 e. The normalized spacial score (nSPS) is 9.25. The number of nitrogens with zero attached hydrogens (tertiary/aromatic N) is 2. The van der Waals surface area contributed by atoms with Crippen LogP contribution in [-0.4, -0.2) is 9.97 Å². The van der Waals surface area contributed by atoms with Crippen LogP contribution in [0.1, 0.15) is 19.4 Å². The third-order valence-corrected chi connectivity index (χ3v) is 2.53. The standard InChI is InChI=1S/C11H9ClN2.C2H6/c1-8-3-2-4-9(11(8)12)10-7-13-5-6-14-10;1-2/h2-7H,1H3;1-2H3. The summed E-state index contributed by atoms with van der Waals surface area (Å²) in [4.78, 5) is 8.21. The molecule has 0 amide bonds. The Morgan fingerprint density at radius 1 is 1.12 bits per heavy atom. The molecule has 2 rings (SSSR count). The molecule has 0 bridgehead atoms. The van der Waals surface area contributed by atoms with Crippen molar-refractivity contribution in [1.29, 1.82) is 0 Å². The van der Waals surface area contributed by atoms with Crippen LogP contribution in [0, 0.1) is 6.92 Å². The Bertz CT molecular complexity index is 441. The molecule has 0 radical (unpaired) electrons. The van der Waals surface area contributed by atoms with Gasteiger partial charge in [0.2, 0.25) is 0 Å². The monoisotopic (exact) mass is 234 g/mol. The maximum atomic E-state index is 6.16. The van der Waals surface area contributed by atoms with Crippen LogP contribution in [0.5, 0.6) is 0 Å². The molecule has 0 N–H and O–H groups in total. The predicted octanol–water partition coefficient (Wildman–Crippen LogP) is 4.13. The molecule has 0 aliphatic heterocycles. The van der Waals surface area contributed by atoms with Gasteiger partial charge in [-0.1, -0.05) is 43.6 Å². The number of hydrogen-bond donors (Lipinski definition) is 0. The van der Waals surface area contributed by atoms with Crippen LogP contribution in [0.15, 0.2) is 36.8 Å². The highest BCUT2D eigenvalue weighted by atomic mass is 35.5. The van der Waals surface area contributed by atoms with Crippen molar-refractivity contribution < 1.29 is 0 Å². The highest BCUT2D eigenvalue weighted by Gasteiger charge is 2.05. The molecule has 2 aromatic rings. The van der Waals surface area contributed by atoms with Crippen molar-refractivity contribution in [3.05, 3.63) is 47.4 Å². The Morgan fingerprint density at radius 2 is 1.88 bits per heavy atom. The molecule has 0 saturated heterocycles. The summed E-state index contributed by atoms with van der Waals surface area (Å²) in [7, 11) is 0. The Hall–Kier alpha value is -1.41. The Kier molecular flexibility index (Phi) is 4.93. The van der Waals surface area contributed by atoms with Gasteiger partial charge in [0.05, 0.1) is 16.9 Å². The predicted molar refractivity (Wildman–Crippen MR) is 68.6 cm³/mol. The van der Waals surface area contributed by atoms with Crippen molar-refractivity contribution in [2.75, 3.05) is 0 Å². The fourth-order valence-electron chi connectivity index (χ4n) is 1.28. The van der Waals surface area contributed by atoms with Crippen LogP contribution >= 0.6 is 11.6 Å². The van der Waals surface area contributed by atoms with E-state index in [4.69, 9.17) is 11.6 Å². The van der Waals surface area contributed by atoms with Gasteiger partial charge in [-0.2, -0.15) is 0 Å². The summed E-state index contributed by atoms with van der Waals surface area (Å²) in [5.41, 5.74) is 2.79. The summed E-state index contributed by atoms with van der Waals surface area (Å²) in [5, 5.41) is 0.744. The van der Waals surface area contributed by atoms with Gasteiger partial charge in [-0.25, -0.2) is 0 Å². The minimum absolute atomic E-state index is 0.744. The molecule has 0 spiro atoms. The van der Waals surface area contributed by atoms with E-state index in [0.29, 0.717) is 0 Å². The van der Waals surface area contributed by atoms with Crippen molar-refractivity contribution in [3.8, 4) is 11.3 Å². The van der Waals surface area contributed by atoms with Crippen LogP contribution in [0.25, 0.3) is 11.3 Å². The molecule has 0 saturated carbocycles. The Morgan fingerprint density at radius 3 is 2.50 bits per heavy atom. The third-order valence-electron chi connectivity index (χ3n) is 2.03. The molecule has 0 aliphatic rings. The first-order valence-corrected chi connectivity index (χ1v) is 5.68. The van der Waals surface area contributed by atoms with E-state index in [1.807, 2.05) is 39.0 Å². The number of rotatable bonds is 1. The second-order valence-corrected chi connectivity index (χ2v) is 3.41. The molecule has 84 valence electrons. The van der Waals surface area contributed by atoms with E-state index in [9.17, 15) is 0 Å². The summed E-state index contributed by atoms with van der Waals surface area (Å²) in [5.74, 6) is 0. The van der Waals surface area contributed by atoms with Crippen molar-refractivity contribution >= 4 is 11.6 Å². The van der Waals surface area contributed by atoms with Gasteiger partial charge in [0.25, 0.3) is 0 Å². The highest BCUT2D eigenvalue weighted by molar-refractivity contribution is 6.34. The molecular weight excluding hydrogens is 220 g/mol. The average Bonchev–Trinajstić information content (AvgIpc) is 2.36. The lowest BCUT2D eigenvalue weighted by Gasteiger charge is -2.04. The number of halogens is 1. The van der Waals surface area contributed by atoms with E-state index < -0.39 is 0 Å². The van der Waals surface area contributed by atoms with Gasteiger partial charge < -0.3 is 0 Å². The van der Waals surface area contributed by atoms with E-state index in [2.05, 4.69) is 9.97 Å². The number of benzene rings is 1. The lowest BCUT2D eigenvalue weighted by Crippen LogP contribution is -1.86. The largest absolute Gasteiger partial charge is 0.261 e. The van der Waals surface area contributed by atoms with Gasteiger partial charge in [-0.3, -0.25) is 9.97 Å². The van der Waals surface area contributed by atoms with E-state index in [-0.39, 0.29) is 0 Å². The number of hydrogen-bond acceptors (Lipinski definition) is 2. The lowest BCUT2D eigenvalue weighted by atomic mass is 10.1. The van der Waals surface area contributed by atoms with Crippen LogP contribution in [0.3, 0.4) is 0 Å². The minimum atomic E-state index is 0.744. The molecule has 0 fully saturated rings. The Labute approximate surface area is 101 Å². The minimum Gasteiger partial charge on any atom is -0.261 e. The maximum Gasteiger partial charge on any atom is 0.0900 e. The van der Waals surface area contributed by atoms with Gasteiger partial charge >= 0.3 is 0 Å². The molecule has 1 heterocycles. The molecule has 3 heteroatoms. The first kappa shape index (κ1) is 12.7. The number of aromatic nitrogens is 2. The molecule has 2 nitrogen and oxygen atoms in total. The summed E-state index contributed by atoms with van der Waals surface area (Å²) in [6.07, 6.45) is 5.02.